The van der Waals surface area contributed by atoms with Crippen LogP contribution >= 0.6 is 11.3 Å². The summed E-state index contributed by atoms with van der Waals surface area (Å²) < 4.78 is 0. The first kappa shape index (κ1) is 13.1. The molecule has 4 heteroatoms. The van der Waals surface area contributed by atoms with Gasteiger partial charge < -0.3 is 5.11 Å². The van der Waals surface area contributed by atoms with E-state index in [1.807, 2.05) is 0 Å². The van der Waals surface area contributed by atoms with Gasteiger partial charge in [0.2, 0.25) is 0 Å². The van der Waals surface area contributed by atoms with Gasteiger partial charge in [0, 0.05) is 43.6 Å². The van der Waals surface area contributed by atoms with Crippen molar-refractivity contribution in [2.75, 3.05) is 32.8 Å². The van der Waals surface area contributed by atoms with Crippen molar-refractivity contribution in [2.24, 2.45) is 0 Å². The number of hydrogen-bond donors (Lipinski definition) is 1. The topological polar surface area (TPSA) is 26.7 Å². The molecule has 1 N–H and O–H groups in total. The molecule has 2 heterocycles. The number of rotatable bonds is 3. The number of nitrogens with zero attached hydrogens (tertiary/aromatic N) is 2. The highest BCUT2D eigenvalue weighted by molar-refractivity contribution is 7.12. The van der Waals surface area contributed by atoms with Crippen molar-refractivity contribution in [3.63, 3.8) is 0 Å². The highest BCUT2D eigenvalue weighted by Crippen LogP contribution is 2.28. The van der Waals surface area contributed by atoms with Crippen LogP contribution in [0.3, 0.4) is 0 Å². The predicted octanol–water partition coefficient (Wildman–Crippen LogP) is 1.37. The van der Waals surface area contributed by atoms with E-state index in [0.717, 1.165) is 17.5 Å². The molecule has 2 aliphatic rings. The lowest BCUT2D eigenvalue weighted by Gasteiger charge is -2.34. The molecular formula is C15H20N2OS. The SMILES string of the molecule is OCC#Cc1ccc(CN2CCN(C3CC3)CC2)s1. The third-order valence-electron chi connectivity index (χ3n) is 3.80. The van der Waals surface area contributed by atoms with E-state index in [-0.39, 0.29) is 6.61 Å². The zero-order valence-corrected chi connectivity index (χ0v) is 12.0. The zero-order valence-electron chi connectivity index (χ0n) is 11.1. The van der Waals surface area contributed by atoms with Crippen LogP contribution in [-0.4, -0.2) is 53.7 Å². The van der Waals surface area contributed by atoms with Crippen LogP contribution in [0.5, 0.6) is 0 Å². The summed E-state index contributed by atoms with van der Waals surface area (Å²) in [4.78, 5) is 7.61. The molecule has 1 saturated heterocycles. The zero-order chi connectivity index (χ0) is 13.1. The summed E-state index contributed by atoms with van der Waals surface area (Å²) >= 11 is 1.75. The molecule has 0 atom stereocenters. The first-order chi connectivity index (χ1) is 9.35. The highest BCUT2D eigenvalue weighted by Gasteiger charge is 2.31. The Morgan fingerprint density at radius 2 is 2.00 bits per heavy atom. The minimum Gasteiger partial charge on any atom is -0.384 e. The van der Waals surface area contributed by atoms with Crippen LogP contribution in [0.25, 0.3) is 0 Å². The van der Waals surface area contributed by atoms with E-state index in [1.165, 1.54) is 43.9 Å². The molecule has 0 amide bonds. The molecule has 3 nitrogen and oxygen atoms in total. The Hall–Kier alpha value is -0.860. The lowest BCUT2D eigenvalue weighted by Crippen LogP contribution is -2.46. The monoisotopic (exact) mass is 276 g/mol. The van der Waals surface area contributed by atoms with Gasteiger partial charge in [0.05, 0.1) is 4.88 Å². The second kappa shape index (κ2) is 6.06. The molecule has 1 aromatic rings. The van der Waals surface area contributed by atoms with Gasteiger partial charge >= 0.3 is 0 Å². The second-order valence-electron chi connectivity index (χ2n) is 5.27. The fraction of sp³-hybridized carbons (Fsp3) is 0.600. The van der Waals surface area contributed by atoms with Crippen LogP contribution < -0.4 is 0 Å². The van der Waals surface area contributed by atoms with E-state index in [9.17, 15) is 0 Å². The molecular weight excluding hydrogens is 256 g/mol. The number of aliphatic hydroxyl groups excluding tert-OH is 1. The van der Waals surface area contributed by atoms with Crippen molar-refractivity contribution in [3.8, 4) is 11.8 Å². The quantitative estimate of drug-likeness (QED) is 0.845. The van der Waals surface area contributed by atoms with Crippen molar-refractivity contribution < 1.29 is 5.11 Å². The van der Waals surface area contributed by atoms with Crippen LogP contribution in [-0.2, 0) is 6.54 Å². The molecule has 1 aliphatic heterocycles. The van der Waals surface area contributed by atoms with Gasteiger partial charge in [-0.3, -0.25) is 9.80 Å². The molecule has 3 rings (SSSR count). The third kappa shape index (κ3) is 3.58. The fourth-order valence-electron chi connectivity index (χ4n) is 2.60. The van der Waals surface area contributed by atoms with Gasteiger partial charge in [-0.2, -0.15) is 0 Å². The van der Waals surface area contributed by atoms with Crippen molar-refractivity contribution in [3.05, 3.63) is 21.9 Å². The fourth-order valence-corrected chi connectivity index (χ4v) is 3.53. The maximum Gasteiger partial charge on any atom is 0.104 e. The predicted molar refractivity (Wildman–Crippen MR) is 78.2 cm³/mol. The molecule has 1 aromatic heterocycles. The summed E-state index contributed by atoms with van der Waals surface area (Å²) in [7, 11) is 0. The van der Waals surface area contributed by atoms with Crippen LogP contribution in [0, 0.1) is 11.8 Å². The summed E-state index contributed by atoms with van der Waals surface area (Å²) in [5, 5.41) is 8.69. The van der Waals surface area contributed by atoms with Crippen LogP contribution in [0.4, 0.5) is 0 Å². The van der Waals surface area contributed by atoms with E-state index < -0.39 is 0 Å². The minimum atomic E-state index is -0.0592. The normalized spacial score (nSPS) is 21.1. The van der Waals surface area contributed by atoms with E-state index in [2.05, 4.69) is 33.8 Å². The van der Waals surface area contributed by atoms with E-state index in [4.69, 9.17) is 5.11 Å². The Kier molecular flexibility index (Phi) is 4.19. The Morgan fingerprint density at radius 1 is 1.21 bits per heavy atom. The molecule has 1 aliphatic carbocycles. The molecule has 2 fully saturated rings. The van der Waals surface area contributed by atoms with E-state index in [0.29, 0.717) is 0 Å². The molecule has 1 saturated carbocycles. The maximum absolute atomic E-state index is 8.69. The van der Waals surface area contributed by atoms with Gasteiger partial charge in [0.15, 0.2) is 0 Å². The maximum atomic E-state index is 8.69. The Balaban J connectivity index is 1.49. The largest absolute Gasteiger partial charge is 0.384 e. The van der Waals surface area contributed by atoms with E-state index in [1.54, 1.807) is 11.3 Å². The lowest BCUT2D eigenvalue weighted by molar-refractivity contribution is 0.122. The van der Waals surface area contributed by atoms with E-state index >= 15 is 0 Å². The van der Waals surface area contributed by atoms with Crippen molar-refractivity contribution in [2.45, 2.75) is 25.4 Å². The molecule has 19 heavy (non-hydrogen) atoms. The average Bonchev–Trinajstić information content (AvgIpc) is 3.19. The number of thiophene rings is 1. The van der Waals surface area contributed by atoms with Crippen LogP contribution in [0.2, 0.25) is 0 Å². The smallest absolute Gasteiger partial charge is 0.104 e. The molecule has 102 valence electrons. The molecule has 0 bridgehead atoms. The Bertz CT molecular complexity index is 476. The molecule has 0 aromatic carbocycles. The molecule has 0 unspecified atom stereocenters. The highest BCUT2D eigenvalue weighted by atomic mass is 32.1. The van der Waals surface area contributed by atoms with Crippen molar-refractivity contribution in [1.29, 1.82) is 0 Å². The first-order valence-electron chi connectivity index (χ1n) is 7.00. The summed E-state index contributed by atoms with van der Waals surface area (Å²) in [5.74, 6) is 5.68. The summed E-state index contributed by atoms with van der Waals surface area (Å²) in [5.41, 5.74) is 0. The minimum absolute atomic E-state index is 0.0592. The van der Waals surface area contributed by atoms with Gasteiger partial charge in [0.25, 0.3) is 0 Å². The Labute approximate surface area is 118 Å². The number of aliphatic hydroxyl groups is 1. The van der Waals surface area contributed by atoms with Crippen LogP contribution in [0.1, 0.15) is 22.6 Å². The first-order valence-corrected chi connectivity index (χ1v) is 7.81. The third-order valence-corrected chi connectivity index (χ3v) is 4.79. The van der Waals surface area contributed by atoms with Gasteiger partial charge in [-0.05, 0) is 25.0 Å². The number of hydrogen-bond acceptors (Lipinski definition) is 4. The van der Waals surface area contributed by atoms with Gasteiger partial charge in [-0.1, -0.05) is 11.8 Å². The van der Waals surface area contributed by atoms with Crippen molar-refractivity contribution >= 4 is 11.3 Å². The Morgan fingerprint density at radius 3 is 2.68 bits per heavy atom. The van der Waals surface area contributed by atoms with Crippen molar-refractivity contribution in [1.82, 2.24) is 9.80 Å². The van der Waals surface area contributed by atoms with Crippen LogP contribution in [0.15, 0.2) is 12.1 Å². The summed E-state index contributed by atoms with van der Waals surface area (Å²) in [6, 6.07) is 5.13. The van der Waals surface area contributed by atoms with Gasteiger partial charge in [0.1, 0.15) is 6.61 Å². The summed E-state index contributed by atoms with van der Waals surface area (Å²) in [6.45, 7) is 5.82. The molecule has 0 radical (unpaired) electrons. The molecule has 0 spiro atoms. The van der Waals surface area contributed by atoms with Gasteiger partial charge in [-0.15, -0.1) is 11.3 Å². The summed E-state index contributed by atoms with van der Waals surface area (Å²) in [6.07, 6.45) is 2.83. The average molecular weight is 276 g/mol. The number of piperazine rings is 1. The second-order valence-corrected chi connectivity index (χ2v) is 6.44. The lowest BCUT2D eigenvalue weighted by atomic mass is 10.3. The standard InChI is InChI=1S/C15H20N2OS/c18-11-1-2-14-5-6-15(19-14)12-16-7-9-17(10-8-16)13-3-4-13/h5-6,13,18H,3-4,7-12H2. The van der Waals surface area contributed by atoms with Gasteiger partial charge in [-0.25, -0.2) is 0 Å².